The summed E-state index contributed by atoms with van der Waals surface area (Å²) >= 11 is 0. The number of hydrogen-bond donors (Lipinski definition) is 2. The van der Waals surface area contributed by atoms with Crippen LogP contribution in [0.25, 0.3) is 0 Å². The van der Waals surface area contributed by atoms with Crippen molar-refractivity contribution in [3.63, 3.8) is 0 Å². The summed E-state index contributed by atoms with van der Waals surface area (Å²) in [5.74, 6) is -3.01. The first-order valence-corrected chi connectivity index (χ1v) is 7.01. The van der Waals surface area contributed by atoms with Crippen molar-refractivity contribution in [3.05, 3.63) is 30.1 Å². The molecule has 0 aliphatic carbocycles. The highest BCUT2D eigenvalue weighted by molar-refractivity contribution is 5.96. The molecule has 1 heterocycles. The van der Waals surface area contributed by atoms with Gasteiger partial charge in [-0.2, -0.15) is 0 Å². The van der Waals surface area contributed by atoms with Gasteiger partial charge < -0.3 is 15.3 Å². The maximum absolute atomic E-state index is 13.8. The lowest BCUT2D eigenvalue weighted by Crippen LogP contribution is -2.50. The fourth-order valence-corrected chi connectivity index (χ4v) is 2.46. The molecule has 1 aromatic carbocycles. The molecule has 2 N–H and O–H groups in total. The second kappa shape index (κ2) is 6.56. The molecule has 0 radical (unpaired) electrons. The fraction of sp³-hybridized carbons (Fsp3) is 0.467. The molecule has 1 aromatic rings. The number of halogens is 1. The highest BCUT2D eigenvalue weighted by atomic mass is 19.1. The number of carboxylic acids is 1. The van der Waals surface area contributed by atoms with Gasteiger partial charge in [-0.05, 0) is 31.9 Å². The number of anilines is 1. The molecule has 1 saturated heterocycles. The molecule has 1 amide bonds. The molecular formula is C15H19FN2O3. The van der Waals surface area contributed by atoms with Gasteiger partial charge >= 0.3 is 5.97 Å². The lowest BCUT2D eigenvalue weighted by Gasteiger charge is -2.35. The lowest BCUT2D eigenvalue weighted by molar-refractivity contribution is -0.146. The summed E-state index contributed by atoms with van der Waals surface area (Å²) in [4.78, 5) is 24.5. The lowest BCUT2D eigenvalue weighted by atomic mass is 10.0. The van der Waals surface area contributed by atoms with Gasteiger partial charge in [-0.3, -0.25) is 9.59 Å². The van der Waals surface area contributed by atoms with Crippen LogP contribution in [0.4, 0.5) is 10.1 Å². The summed E-state index contributed by atoms with van der Waals surface area (Å²) in [6, 6.07) is 6.36. The average Bonchev–Trinajstić information content (AvgIpc) is 2.47. The molecule has 1 aliphatic heterocycles. The summed E-state index contributed by atoms with van der Waals surface area (Å²) in [6.45, 7) is 2.57. The Balaban J connectivity index is 2.00. The van der Waals surface area contributed by atoms with Crippen LogP contribution in [-0.2, 0) is 9.59 Å². The summed E-state index contributed by atoms with van der Waals surface area (Å²) in [5, 5.41) is 11.6. The van der Waals surface area contributed by atoms with Gasteiger partial charge in [-0.25, -0.2) is 4.39 Å². The average molecular weight is 294 g/mol. The van der Waals surface area contributed by atoms with Crippen LogP contribution < -0.4 is 10.2 Å². The monoisotopic (exact) mass is 294 g/mol. The van der Waals surface area contributed by atoms with E-state index in [4.69, 9.17) is 5.11 Å². The third-order valence-electron chi connectivity index (χ3n) is 3.72. The third kappa shape index (κ3) is 3.71. The summed E-state index contributed by atoms with van der Waals surface area (Å²) in [7, 11) is 0. The second-order valence-corrected chi connectivity index (χ2v) is 5.31. The fourth-order valence-electron chi connectivity index (χ4n) is 2.46. The van der Waals surface area contributed by atoms with Crippen LogP contribution in [0.2, 0.25) is 0 Å². The van der Waals surface area contributed by atoms with Crippen molar-refractivity contribution in [2.45, 2.75) is 25.8 Å². The molecule has 0 saturated carbocycles. The molecule has 1 aliphatic rings. The molecule has 1 fully saturated rings. The predicted molar refractivity (Wildman–Crippen MR) is 76.6 cm³/mol. The predicted octanol–water partition coefficient (Wildman–Crippen LogP) is 1.63. The van der Waals surface area contributed by atoms with Crippen LogP contribution in [0.15, 0.2) is 24.3 Å². The van der Waals surface area contributed by atoms with E-state index in [0.717, 1.165) is 19.4 Å². The van der Waals surface area contributed by atoms with Gasteiger partial charge in [0.1, 0.15) is 11.7 Å². The molecule has 5 nitrogen and oxygen atoms in total. The number of rotatable bonds is 4. The third-order valence-corrected chi connectivity index (χ3v) is 3.72. The molecule has 2 unspecified atom stereocenters. The SMILES string of the molecule is CC(C(=O)O)C(=O)NC1CCCN(c2ccccc2F)C1. The molecule has 0 aromatic heterocycles. The zero-order valence-corrected chi connectivity index (χ0v) is 11.9. The number of hydrogen-bond acceptors (Lipinski definition) is 3. The number of nitrogens with one attached hydrogen (secondary N) is 1. The number of nitrogens with zero attached hydrogens (tertiary/aromatic N) is 1. The number of carboxylic acid groups (broad SMARTS) is 1. The van der Waals surface area contributed by atoms with E-state index in [1.807, 2.05) is 4.90 Å². The van der Waals surface area contributed by atoms with Gasteiger partial charge in [0.2, 0.25) is 5.91 Å². The largest absolute Gasteiger partial charge is 0.481 e. The van der Waals surface area contributed by atoms with E-state index in [1.54, 1.807) is 18.2 Å². The Morgan fingerprint density at radius 3 is 2.81 bits per heavy atom. The minimum Gasteiger partial charge on any atom is -0.481 e. The van der Waals surface area contributed by atoms with Gasteiger partial charge in [-0.15, -0.1) is 0 Å². The van der Waals surface area contributed by atoms with Crippen molar-refractivity contribution in [3.8, 4) is 0 Å². The molecular weight excluding hydrogens is 275 g/mol. The topological polar surface area (TPSA) is 69.6 Å². The van der Waals surface area contributed by atoms with Crippen LogP contribution >= 0.6 is 0 Å². The Kier molecular flexibility index (Phi) is 4.77. The molecule has 114 valence electrons. The highest BCUT2D eigenvalue weighted by Gasteiger charge is 2.27. The number of para-hydroxylation sites is 1. The number of carbonyl (C=O) groups excluding carboxylic acids is 1. The van der Waals surface area contributed by atoms with E-state index in [0.29, 0.717) is 12.2 Å². The van der Waals surface area contributed by atoms with Crippen LogP contribution in [0.5, 0.6) is 0 Å². The van der Waals surface area contributed by atoms with Crippen molar-refractivity contribution in [2.24, 2.45) is 5.92 Å². The summed E-state index contributed by atoms with van der Waals surface area (Å²) < 4.78 is 13.8. The van der Waals surface area contributed by atoms with E-state index in [1.165, 1.54) is 13.0 Å². The Morgan fingerprint density at radius 1 is 1.43 bits per heavy atom. The van der Waals surface area contributed by atoms with E-state index >= 15 is 0 Å². The number of amides is 1. The minimum atomic E-state index is -1.14. The van der Waals surface area contributed by atoms with Gasteiger partial charge in [-0.1, -0.05) is 12.1 Å². The molecule has 2 atom stereocenters. The molecule has 21 heavy (non-hydrogen) atoms. The van der Waals surface area contributed by atoms with Crippen LogP contribution in [0.3, 0.4) is 0 Å². The quantitative estimate of drug-likeness (QED) is 0.828. The van der Waals surface area contributed by atoms with Crippen molar-refractivity contribution in [2.75, 3.05) is 18.0 Å². The smallest absolute Gasteiger partial charge is 0.315 e. The first kappa shape index (κ1) is 15.3. The van der Waals surface area contributed by atoms with Crippen LogP contribution in [0.1, 0.15) is 19.8 Å². The maximum Gasteiger partial charge on any atom is 0.315 e. The standard InChI is InChI=1S/C15H19FN2O3/c1-10(15(20)21)14(19)17-11-5-4-8-18(9-11)13-7-3-2-6-12(13)16/h2-3,6-7,10-11H,4-5,8-9H2,1H3,(H,17,19)(H,20,21). The molecule has 0 bridgehead atoms. The van der Waals surface area contributed by atoms with Gasteiger partial charge in [0.05, 0.1) is 5.69 Å². The van der Waals surface area contributed by atoms with Gasteiger partial charge in [0.15, 0.2) is 0 Å². The molecule has 6 heteroatoms. The molecule has 2 rings (SSSR count). The minimum absolute atomic E-state index is 0.160. The Labute approximate surface area is 122 Å². The number of carbonyl (C=O) groups is 2. The number of benzene rings is 1. The maximum atomic E-state index is 13.8. The zero-order valence-electron chi connectivity index (χ0n) is 11.9. The van der Waals surface area contributed by atoms with E-state index < -0.39 is 17.8 Å². The van der Waals surface area contributed by atoms with Crippen molar-refractivity contribution < 1.29 is 19.1 Å². The zero-order chi connectivity index (χ0) is 15.4. The summed E-state index contributed by atoms with van der Waals surface area (Å²) in [6.07, 6.45) is 1.59. The van der Waals surface area contributed by atoms with Gasteiger partial charge in [0.25, 0.3) is 0 Å². The Morgan fingerprint density at radius 2 is 2.14 bits per heavy atom. The normalized spacial score (nSPS) is 19.9. The Hall–Kier alpha value is -2.11. The second-order valence-electron chi connectivity index (χ2n) is 5.31. The Bertz CT molecular complexity index is 535. The molecule has 0 spiro atoms. The van der Waals surface area contributed by atoms with Gasteiger partial charge in [0, 0.05) is 19.1 Å². The van der Waals surface area contributed by atoms with Crippen LogP contribution in [0, 0.1) is 11.7 Å². The van der Waals surface area contributed by atoms with E-state index in [9.17, 15) is 14.0 Å². The highest BCUT2D eigenvalue weighted by Crippen LogP contribution is 2.23. The first-order valence-electron chi connectivity index (χ1n) is 7.01. The van der Waals surface area contributed by atoms with E-state index in [2.05, 4.69) is 5.32 Å². The van der Waals surface area contributed by atoms with Crippen molar-refractivity contribution in [1.29, 1.82) is 0 Å². The van der Waals surface area contributed by atoms with Crippen molar-refractivity contribution in [1.82, 2.24) is 5.32 Å². The number of piperidine rings is 1. The van der Waals surface area contributed by atoms with Crippen molar-refractivity contribution >= 4 is 17.6 Å². The van der Waals surface area contributed by atoms with Crippen LogP contribution in [-0.4, -0.2) is 36.1 Å². The summed E-state index contributed by atoms with van der Waals surface area (Å²) in [5.41, 5.74) is 0.516. The first-order chi connectivity index (χ1) is 9.99. The van der Waals surface area contributed by atoms with E-state index in [-0.39, 0.29) is 11.9 Å². The number of aliphatic carboxylic acids is 1.